The van der Waals surface area contributed by atoms with E-state index in [1.54, 1.807) is 0 Å². The second-order valence-corrected chi connectivity index (χ2v) is 18.4. The van der Waals surface area contributed by atoms with Crippen molar-refractivity contribution in [2.24, 2.45) is 0 Å². The monoisotopic (exact) mass is 991 g/mol. The molecule has 0 aromatic rings. The first kappa shape index (κ1) is 67.5. The Hall–Kier alpha value is -4.48. The van der Waals surface area contributed by atoms with Gasteiger partial charge in [0.1, 0.15) is 6.61 Å². The van der Waals surface area contributed by atoms with Crippen LogP contribution >= 0.6 is 0 Å². The van der Waals surface area contributed by atoms with Gasteiger partial charge < -0.3 is 14.2 Å². The molecule has 0 saturated carbocycles. The van der Waals surface area contributed by atoms with Crippen molar-refractivity contribution < 1.29 is 23.8 Å². The topological polar surface area (TPSA) is 61.8 Å². The quantitative estimate of drug-likeness (QED) is 0.0345. The largest absolute Gasteiger partial charge is 0.462 e. The molecule has 0 aliphatic carbocycles. The number of esters is 2. The summed E-state index contributed by atoms with van der Waals surface area (Å²) in [5, 5.41) is 0. The first-order chi connectivity index (χ1) is 35.6. The van der Waals surface area contributed by atoms with Gasteiger partial charge in [-0.05, 0) is 141 Å². The molecule has 0 aliphatic heterocycles. The fourth-order valence-electron chi connectivity index (χ4n) is 7.34. The van der Waals surface area contributed by atoms with Crippen LogP contribution in [-0.4, -0.2) is 37.9 Å². The highest BCUT2D eigenvalue weighted by atomic mass is 16.6. The van der Waals surface area contributed by atoms with Gasteiger partial charge in [-0.25, -0.2) is 0 Å². The van der Waals surface area contributed by atoms with Gasteiger partial charge in [-0.1, -0.05) is 230 Å². The standard InChI is InChI=1S/C67H106O5/c1-4-7-10-13-16-19-22-25-28-31-33-35-38-41-44-47-50-53-56-59-62-70-63-65(72-67(69)61-58-55-52-49-46-43-40-36-30-27-24-21-18-15-12-9-6-3)64-71-66(68)60-57-54-51-48-45-42-39-37-34-32-29-26-23-20-17-14-11-8-5-2/h7-12,16-21,25-30,33-35,37,40-41,43-44,65H,4-6,13-15,22-24,31-32,36,38-39,42,45-64H2,1-3H3/b10-7-,11-8-,12-9-,19-16-,20-17-,21-18-,28-25-,29-26-,30-27-,35-33-,37-34-,43-40-,44-41-. The molecule has 5 heteroatoms. The van der Waals surface area contributed by atoms with Crippen molar-refractivity contribution in [3.8, 4) is 0 Å². The van der Waals surface area contributed by atoms with E-state index in [0.717, 1.165) is 173 Å². The number of carbonyl (C=O) groups excluding carboxylic acids is 2. The van der Waals surface area contributed by atoms with Gasteiger partial charge in [0.2, 0.25) is 0 Å². The van der Waals surface area contributed by atoms with E-state index in [9.17, 15) is 9.59 Å². The lowest BCUT2D eigenvalue weighted by Crippen LogP contribution is -2.30. The number of ether oxygens (including phenoxy) is 3. The van der Waals surface area contributed by atoms with Crippen molar-refractivity contribution in [1.82, 2.24) is 0 Å². The molecule has 0 saturated heterocycles. The van der Waals surface area contributed by atoms with Crippen LogP contribution in [0.2, 0.25) is 0 Å². The van der Waals surface area contributed by atoms with Crippen LogP contribution in [0.5, 0.6) is 0 Å². The van der Waals surface area contributed by atoms with Gasteiger partial charge in [0.05, 0.1) is 6.61 Å². The summed E-state index contributed by atoms with van der Waals surface area (Å²) < 4.78 is 17.4. The van der Waals surface area contributed by atoms with Gasteiger partial charge in [-0.15, -0.1) is 0 Å². The zero-order valence-corrected chi connectivity index (χ0v) is 46.4. The molecular weight excluding hydrogens is 885 g/mol. The molecule has 0 heterocycles. The van der Waals surface area contributed by atoms with Crippen molar-refractivity contribution in [3.05, 3.63) is 158 Å². The normalized spacial score (nSPS) is 13.4. The van der Waals surface area contributed by atoms with Gasteiger partial charge in [-0.3, -0.25) is 9.59 Å². The lowest BCUT2D eigenvalue weighted by molar-refractivity contribution is -0.163. The molecule has 0 N–H and O–H groups in total. The molecule has 0 rings (SSSR count). The summed E-state index contributed by atoms with van der Waals surface area (Å²) in [6.07, 6.45) is 89.8. The Morgan fingerprint density at radius 2 is 0.583 bits per heavy atom. The van der Waals surface area contributed by atoms with Crippen LogP contribution in [0.3, 0.4) is 0 Å². The van der Waals surface area contributed by atoms with Gasteiger partial charge in [0.25, 0.3) is 0 Å². The first-order valence-corrected chi connectivity index (χ1v) is 29.0. The minimum Gasteiger partial charge on any atom is -0.462 e. The van der Waals surface area contributed by atoms with Gasteiger partial charge in [-0.2, -0.15) is 0 Å². The van der Waals surface area contributed by atoms with Crippen LogP contribution in [-0.2, 0) is 23.8 Å². The van der Waals surface area contributed by atoms with Gasteiger partial charge in [0.15, 0.2) is 6.10 Å². The van der Waals surface area contributed by atoms with Crippen molar-refractivity contribution in [3.63, 3.8) is 0 Å². The number of allylic oxidation sites excluding steroid dienone is 26. The fraction of sp³-hybridized carbons (Fsp3) is 0.582. The molecule has 5 nitrogen and oxygen atoms in total. The second-order valence-electron chi connectivity index (χ2n) is 18.4. The maximum Gasteiger partial charge on any atom is 0.306 e. The Bertz CT molecular complexity index is 1590. The highest BCUT2D eigenvalue weighted by Crippen LogP contribution is 2.12. The molecule has 0 aliphatic rings. The first-order valence-electron chi connectivity index (χ1n) is 29.0. The molecule has 1 atom stereocenters. The maximum atomic E-state index is 12.9. The zero-order valence-electron chi connectivity index (χ0n) is 46.4. The fourth-order valence-corrected chi connectivity index (χ4v) is 7.34. The molecule has 0 amide bonds. The lowest BCUT2D eigenvalue weighted by Gasteiger charge is -2.18. The van der Waals surface area contributed by atoms with E-state index in [1.807, 2.05) is 0 Å². The van der Waals surface area contributed by atoms with Crippen molar-refractivity contribution in [2.75, 3.05) is 19.8 Å². The molecule has 0 aromatic carbocycles. The maximum absolute atomic E-state index is 12.9. The average molecular weight is 992 g/mol. The predicted molar refractivity (Wildman–Crippen MR) is 315 cm³/mol. The third-order valence-electron chi connectivity index (χ3n) is 11.5. The highest BCUT2D eigenvalue weighted by molar-refractivity contribution is 5.70. The summed E-state index contributed by atoms with van der Waals surface area (Å²) in [5.74, 6) is -0.466. The van der Waals surface area contributed by atoms with E-state index >= 15 is 0 Å². The summed E-state index contributed by atoms with van der Waals surface area (Å²) in [6, 6.07) is 0. The van der Waals surface area contributed by atoms with Gasteiger partial charge >= 0.3 is 11.9 Å². The SMILES string of the molecule is CC/C=C\C/C=C\C/C=C\C/C=C\C/C=C\CCCCCCOCC(COC(=O)CCCCCCCC/C=C\C/C=C\C/C=C\C/C=C\CC)OC(=O)CCCCCC/C=C\C/C=C\C/C=C\C/C=C\CC. The van der Waals surface area contributed by atoms with Crippen LogP contribution in [0.1, 0.15) is 226 Å². The third-order valence-corrected chi connectivity index (χ3v) is 11.5. The van der Waals surface area contributed by atoms with Crippen LogP contribution in [0.25, 0.3) is 0 Å². The molecule has 0 fully saturated rings. The predicted octanol–water partition coefficient (Wildman–Crippen LogP) is 20.2. The summed E-state index contributed by atoms with van der Waals surface area (Å²) in [7, 11) is 0. The molecular formula is C67H106O5. The molecule has 0 spiro atoms. The number of hydrogen-bond acceptors (Lipinski definition) is 5. The van der Waals surface area contributed by atoms with Crippen LogP contribution in [0, 0.1) is 0 Å². The summed E-state index contributed by atoms with van der Waals surface area (Å²) >= 11 is 0. The van der Waals surface area contributed by atoms with Crippen molar-refractivity contribution in [2.45, 2.75) is 232 Å². The van der Waals surface area contributed by atoms with E-state index in [2.05, 4.69) is 179 Å². The lowest BCUT2D eigenvalue weighted by atomic mass is 10.1. The summed E-state index contributed by atoms with van der Waals surface area (Å²) in [4.78, 5) is 25.6. The Labute approximate surface area is 444 Å². The number of carbonyl (C=O) groups is 2. The second kappa shape index (κ2) is 60.8. The Morgan fingerprint density at radius 3 is 0.931 bits per heavy atom. The molecule has 0 bridgehead atoms. The summed E-state index contributed by atoms with van der Waals surface area (Å²) in [5.41, 5.74) is 0. The molecule has 0 radical (unpaired) electrons. The van der Waals surface area contributed by atoms with Crippen LogP contribution < -0.4 is 0 Å². The third kappa shape index (κ3) is 58.1. The molecule has 0 aromatic heterocycles. The Morgan fingerprint density at radius 1 is 0.306 bits per heavy atom. The van der Waals surface area contributed by atoms with Crippen molar-refractivity contribution in [1.29, 1.82) is 0 Å². The summed E-state index contributed by atoms with van der Waals surface area (Å²) in [6.45, 7) is 7.37. The zero-order chi connectivity index (χ0) is 52.0. The molecule has 1 unspecified atom stereocenters. The Balaban J connectivity index is 4.45. The van der Waals surface area contributed by atoms with E-state index in [0.29, 0.717) is 19.4 Å². The van der Waals surface area contributed by atoms with E-state index in [4.69, 9.17) is 14.2 Å². The minimum atomic E-state index is -0.583. The highest BCUT2D eigenvalue weighted by Gasteiger charge is 2.17. The van der Waals surface area contributed by atoms with Crippen LogP contribution in [0.4, 0.5) is 0 Å². The average Bonchev–Trinajstić information content (AvgIpc) is 3.38. The molecule has 404 valence electrons. The Kier molecular flexibility index (Phi) is 57.0. The van der Waals surface area contributed by atoms with E-state index in [-0.39, 0.29) is 25.2 Å². The number of unbranched alkanes of at least 4 members (excludes halogenated alkanes) is 14. The van der Waals surface area contributed by atoms with Crippen molar-refractivity contribution >= 4 is 11.9 Å². The van der Waals surface area contributed by atoms with Crippen LogP contribution in [0.15, 0.2) is 158 Å². The van der Waals surface area contributed by atoms with E-state index in [1.165, 1.54) is 19.3 Å². The number of rotatable bonds is 51. The van der Waals surface area contributed by atoms with Gasteiger partial charge in [0, 0.05) is 19.4 Å². The van der Waals surface area contributed by atoms with E-state index < -0.39 is 6.10 Å². The minimum absolute atomic E-state index is 0.0456. The smallest absolute Gasteiger partial charge is 0.306 e. The molecule has 72 heavy (non-hydrogen) atoms. The number of hydrogen-bond donors (Lipinski definition) is 0.